The van der Waals surface area contributed by atoms with Crippen LogP contribution in [0, 0.1) is 0 Å². The molecule has 0 unspecified atom stereocenters. The van der Waals surface area contributed by atoms with Crippen molar-refractivity contribution in [2.45, 2.75) is 56.6 Å². The Hall–Kier alpha value is -0.0262. The fourth-order valence-electron chi connectivity index (χ4n) is 1.97. The van der Waals surface area contributed by atoms with Crippen molar-refractivity contribution >= 4 is 15.4 Å². The normalized spacial score (nSPS) is 27.0. The molecule has 0 spiro atoms. The van der Waals surface area contributed by atoms with E-state index in [1.165, 1.54) is 13.1 Å². The van der Waals surface area contributed by atoms with Gasteiger partial charge >= 0.3 is 12.4 Å². The molecule has 0 aromatic heterocycles. The maximum atomic E-state index is 12.9. The van der Waals surface area contributed by atoms with Crippen molar-refractivity contribution in [2.75, 3.05) is 0 Å². The van der Waals surface area contributed by atoms with Crippen molar-refractivity contribution in [1.29, 1.82) is 0 Å². The first-order chi connectivity index (χ1) is 7.66. The molecule has 0 aromatic rings. The number of hydrogen-bond acceptors (Lipinski definition) is 1. The minimum Gasteiger partial charge on any atom is -0.400 e. The molecule has 1 fully saturated rings. The van der Waals surface area contributed by atoms with Crippen LogP contribution in [0.5, 0.6) is 0 Å². The number of rotatable bonds is 0. The predicted molar refractivity (Wildman–Crippen MR) is 60.3 cm³/mol. The maximum Gasteiger partial charge on any atom is 0.425 e. The van der Waals surface area contributed by atoms with E-state index in [9.17, 15) is 26.3 Å². The summed E-state index contributed by atoms with van der Waals surface area (Å²) < 4.78 is 82.0. The third kappa shape index (κ3) is 2.24. The molecule has 1 nitrogen and oxygen atoms in total. The highest BCUT2D eigenvalue weighted by Gasteiger charge is 2.75. The zero-order valence-electron chi connectivity index (χ0n) is 10.6. The van der Waals surface area contributed by atoms with Crippen LogP contribution in [0.2, 0.25) is 32.2 Å². The second-order valence-electron chi connectivity index (χ2n) is 5.82. The molecule has 108 valence electrons. The summed E-state index contributed by atoms with van der Waals surface area (Å²) >= 11 is 0. The second kappa shape index (κ2) is 3.98. The summed E-state index contributed by atoms with van der Waals surface area (Å²) in [4.78, 5) is 0. The average Bonchev–Trinajstić information content (AvgIpc) is 2.05. The first-order valence-corrected chi connectivity index (χ1v) is 12.6. The summed E-state index contributed by atoms with van der Waals surface area (Å²) in [6.07, 6.45) is -11.8. The highest BCUT2D eigenvalue weighted by Crippen LogP contribution is 2.54. The van der Waals surface area contributed by atoms with E-state index >= 15 is 0 Å². The van der Waals surface area contributed by atoms with E-state index in [0.29, 0.717) is 0 Å². The predicted octanol–water partition coefficient (Wildman–Crippen LogP) is 4.26. The number of halogens is 6. The first-order valence-electron chi connectivity index (χ1n) is 5.50. The van der Waals surface area contributed by atoms with Gasteiger partial charge in [0.05, 0.1) is 7.59 Å². The third-order valence-electron chi connectivity index (χ3n) is 4.08. The van der Waals surface area contributed by atoms with Crippen LogP contribution in [0.15, 0.2) is 0 Å². The third-order valence-corrected chi connectivity index (χ3v) is 20.5. The molecule has 0 atom stereocenters. The molecule has 9 heteroatoms. The van der Waals surface area contributed by atoms with Crippen LogP contribution >= 0.6 is 0 Å². The Morgan fingerprint density at radius 3 is 1.56 bits per heavy atom. The molecule has 1 heterocycles. The summed E-state index contributed by atoms with van der Waals surface area (Å²) in [5.41, 5.74) is -3.96. The zero-order valence-corrected chi connectivity index (χ0v) is 12.6. The fourth-order valence-corrected chi connectivity index (χ4v) is 8.57. The highest BCUT2D eigenvalue weighted by molar-refractivity contribution is 7.38. The lowest BCUT2D eigenvalue weighted by atomic mass is 9.99. The van der Waals surface area contributed by atoms with Gasteiger partial charge < -0.3 is 4.43 Å². The van der Waals surface area contributed by atoms with Crippen LogP contribution in [0.3, 0.4) is 0 Å². The molecular formula is C9H16F6OSi2. The van der Waals surface area contributed by atoms with E-state index in [2.05, 4.69) is 0 Å². The van der Waals surface area contributed by atoms with Gasteiger partial charge in [-0.2, -0.15) is 26.3 Å². The first kappa shape index (κ1) is 16.0. The standard InChI is InChI=1S/C9H16F6OSi2/c1-17(2)6-5-7(8(10,11)12,9(13,14)15)16-18(17,3)4/h5-6H2,1-4H3. The molecule has 0 aromatic carbocycles. The van der Waals surface area contributed by atoms with Gasteiger partial charge in [0.2, 0.25) is 5.60 Å². The summed E-state index contributed by atoms with van der Waals surface area (Å²) in [7, 11) is -5.12. The van der Waals surface area contributed by atoms with Gasteiger partial charge in [0.25, 0.3) is 0 Å². The molecule has 0 radical (unpaired) electrons. The van der Waals surface area contributed by atoms with Crippen LogP contribution < -0.4 is 0 Å². The van der Waals surface area contributed by atoms with Crippen molar-refractivity contribution < 1.29 is 30.8 Å². The molecule has 0 saturated carbocycles. The largest absolute Gasteiger partial charge is 0.425 e. The van der Waals surface area contributed by atoms with E-state index in [-0.39, 0.29) is 6.04 Å². The maximum absolute atomic E-state index is 12.9. The van der Waals surface area contributed by atoms with Gasteiger partial charge in [-0.3, -0.25) is 0 Å². The molecular weight excluding hydrogens is 294 g/mol. The Kier molecular flexibility index (Phi) is 3.55. The highest BCUT2D eigenvalue weighted by atomic mass is 29.3. The Bertz CT molecular complexity index is 319. The monoisotopic (exact) mass is 310 g/mol. The van der Waals surface area contributed by atoms with Gasteiger partial charge in [-0.1, -0.05) is 19.1 Å². The van der Waals surface area contributed by atoms with Gasteiger partial charge in [0.15, 0.2) is 7.83 Å². The van der Waals surface area contributed by atoms with E-state index in [1.54, 1.807) is 13.1 Å². The van der Waals surface area contributed by atoms with Gasteiger partial charge in [-0.05, 0) is 19.5 Å². The molecule has 0 amide bonds. The summed E-state index contributed by atoms with van der Waals surface area (Å²) in [6, 6.07) is -0.00869. The van der Waals surface area contributed by atoms with Crippen LogP contribution in [-0.2, 0) is 4.43 Å². The van der Waals surface area contributed by atoms with Gasteiger partial charge in [0, 0.05) is 0 Å². The van der Waals surface area contributed by atoms with E-state index in [1.807, 2.05) is 0 Å². The second-order valence-corrected chi connectivity index (χ2v) is 21.0. The van der Waals surface area contributed by atoms with Crippen molar-refractivity contribution in [3.05, 3.63) is 0 Å². The van der Waals surface area contributed by atoms with Crippen molar-refractivity contribution in [1.82, 2.24) is 0 Å². The van der Waals surface area contributed by atoms with Crippen LogP contribution in [0.25, 0.3) is 0 Å². The van der Waals surface area contributed by atoms with Gasteiger partial charge in [0.1, 0.15) is 0 Å². The quantitative estimate of drug-likeness (QED) is 0.480. The molecule has 0 bridgehead atoms. The topological polar surface area (TPSA) is 9.23 Å². The van der Waals surface area contributed by atoms with Crippen molar-refractivity contribution in [2.24, 2.45) is 0 Å². The lowest BCUT2D eigenvalue weighted by molar-refractivity contribution is -0.361. The molecule has 0 N–H and O–H groups in total. The smallest absolute Gasteiger partial charge is 0.400 e. The summed E-state index contributed by atoms with van der Waals surface area (Å²) in [5, 5.41) is 0. The van der Waals surface area contributed by atoms with E-state index < -0.39 is 39.8 Å². The van der Waals surface area contributed by atoms with Crippen LogP contribution in [0.1, 0.15) is 6.42 Å². The fraction of sp³-hybridized carbons (Fsp3) is 1.00. The van der Waals surface area contributed by atoms with Crippen molar-refractivity contribution in [3.8, 4) is 0 Å². The zero-order chi connectivity index (χ0) is 14.6. The lowest BCUT2D eigenvalue weighted by Gasteiger charge is -2.52. The average molecular weight is 310 g/mol. The van der Waals surface area contributed by atoms with Gasteiger partial charge in [-0.15, -0.1) is 0 Å². The molecule has 1 aliphatic rings. The van der Waals surface area contributed by atoms with Gasteiger partial charge in [-0.25, -0.2) is 0 Å². The minimum absolute atomic E-state index is 0.00869. The minimum atomic E-state index is -5.42. The van der Waals surface area contributed by atoms with E-state index in [4.69, 9.17) is 4.43 Å². The van der Waals surface area contributed by atoms with Crippen LogP contribution in [0.4, 0.5) is 26.3 Å². The molecule has 1 aliphatic heterocycles. The van der Waals surface area contributed by atoms with Crippen LogP contribution in [-0.4, -0.2) is 33.4 Å². The molecule has 1 rings (SSSR count). The Morgan fingerprint density at radius 2 is 1.28 bits per heavy atom. The summed E-state index contributed by atoms with van der Waals surface area (Å²) in [5.74, 6) is 0. The SMILES string of the molecule is C[Si]1(C)CCC(C(F)(F)F)(C(F)(F)F)O[Si]1(C)C. The number of alkyl halides is 6. The van der Waals surface area contributed by atoms with Crippen molar-refractivity contribution in [3.63, 3.8) is 0 Å². The number of hydrogen-bond donors (Lipinski definition) is 0. The molecule has 0 aliphatic carbocycles. The molecule has 1 saturated heterocycles. The Morgan fingerprint density at radius 1 is 0.889 bits per heavy atom. The lowest BCUT2D eigenvalue weighted by Crippen LogP contribution is -2.72. The molecule has 18 heavy (non-hydrogen) atoms. The summed E-state index contributed by atoms with van der Waals surface area (Å²) in [6.45, 7) is 6.53. The van der Waals surface area contributed by atoms with E-state index in [0.717, 1.165) is 0 Å². The Balaban J connectivity index is 3.28. The Labute approximate surface area is 103 Å².